The molecule has 0 bridgehead atoms. The van der Waals surface area contributed by atoms with Crippen LogP contribution in [0.4, 0.5) is 0 Å². The van der Waals surface area contributed by atoms with E-state index in [0.717, 1.165) is 6.42 Å². The summed E-state index contributed by atoms with van der Waals surface area (Å²) in [7, 11) is 0. The Morgan fingerprint density at radius 2 is 2.16 bits per heavy atom. The van der Waals surface area contributed by atoms with Gasteiger partial charge in [-0.3, -0.25) is 9.59 Å². The average Bonchev–Trinajstić information content (AvgIpc) is 2.36. The molecule has 0 radical (unpaired) electrons. The first kappa shape index (κ1) is 15.3. The lowest BCUT2D eigenvalue weighted by atomic mass is 10.2. The van der Waals surface area contributed by atoms with Crippen LogP contribution in [-0.2, 0) is 4.79 Å². The highest BCUT2D eigenvalue weighted by molar-refractivity contribution is 6.31. The van der Waals surface area contributed by atoms with Crippen LogP contribution in [-0.4, -0.2) is 24.5 Å². The second-order valence-electron chi connectivity index (χ2n) is 4.17. The monoisotopic (exact) mass is 284 g/mol. The minimum atomic E-state index is -0.653. The number of halogens is 1. The quantitative estimate of drug-likeness (QED) is 0.835. The maximum absolute atomic E-state index is 11.6. The average molecular weight is 285 g/mol. The highest BCUT2D eigenvalue weighted by Gasteiger charge is 2.12. The molecule has 0 spiro atoms. The second-order valence-corrected chi connectivity index (χ2v) is 4.61. The molecule has 0 aliphatic carbocycles. The van der Waals surface area contributed by atoms with Gasteiger partial charge in [0, 0.05) is 11.1 Å². The predicted molar refractivity (Wildman–Crippen MR) is 73.4 cm³/mol. The van der Waals surface area contributed by atoms with Crippen LogP contribution in [0.2, 0.25) is 5.02 Å². The fourth-order valence-corrected chi connectivity index (χ4v) is 1.55. The van der Waals surface area contributed by atoms with Gasteiger partial charge in [-0.15, -0.1) is 0 Å². The lowest BCUT2D eigenvalue weighted by Gasteiger charge is -2.13. The van der Waals surface area contributed by atoms with E-state index in [-0.39, 0.29) is 29.9 Å². The second kappa shape index (κ2) is 6.99. The largest absolute Gasteiger partial charge is 0.483 e. The smallest absolute Gasteiger partial charge is 0.258 e. The summed E-state index contributed by atoms with van der Waals surface area (Å²) < 4.78 is 5.29. The van der Waals surface area contributed by atoms with Crippen molar-refractivity contribution in [3.63, 3.8) is 0 Å². The van der Waals surface area contributed by atoms with Crippen molar-refractivity contribution in [2.45, 2.75) is 26.3 Å². The minimum absolute atomic E-state index is 0.0805. The first-order chi connectivity index (χ1) is 8.93. The first-order valence-electron chi connectivity index (χ1n) is 5.95. The predicted octanol–water partition coefficient (Wildman–Crippen LogP) is 1.73. The van der Waals surface area contributed by atoms with Crippen LogP contribution in [0.3, 0.4) is 0 Å². The minimum Gasteiger partial charge on any atom is -0.483 e. The van der Waals surface area contributed by atoms with E-state index in [1.54, 1.807) is 6.07 Å². The summed E-state index contributed by atoms with van der Waals surface area (Å²) in [5.41, 5.74) is 5.37. The molecule has 5 nitrogen and oxygen atoms in total. The molecule has 3 N–H and O–H groups in total. The van der Waals surface area contributed by atoms with Gasteiger partial charge in [-0.1, -0.05) is 18.5 Å². The Morgan fingerprint density at radius 1 is 1.47 bits per heavy atom. The number of carbonyl (C=O) groups excluding carboxylic acids is 2. The molecule has 0 saturated carbocycles. The molecule has 0 heterocycles. The van der Waals surface area contributed by atoms with Gasteiger partial charge in [-0.2, -0.15) is 0 Å². The van der Waals surface area contributed by atoms with Gasteiger partial charge >= 0.3 is 0 Å². The number of hydrogen-bond acceptors (Lipinski definition) is 3. The third kappa shape index (κ3) is 4.79. The normalized spacial score (nSPS) is 11.7. The van der Waals surface area contributed by atoms with Crippen LogP contribution in [0.25, 0.3) is 0 Å². The molecule has 1 aromatic rings. The van der Waals surface area contributed by atoms with Crippen LogP contribution < -0.4 is 15.8 Å². The molecule has 1 rings (SSSR count). The van der Waals surface area contributed by atoms with E-state index in [9.17, 15) is 9.59 Å². The molecule has 0 unspecified atom stereocenters. The van der Waals surface area contributed by atoms with Crippen LogP contribution in [0.5, 0.6) is 5.75 Å². The molecule has 0 fully saturated rings. The summed E-state index contributed by atoms with van der Waals surface area (Å²) in [6.07, 6.45) is 0.833. The van der Waals surface area contributed by atoms with Crippen molar-refractivity contribution in [3.05, 3.63) is 28.8 Å². The van der Waals surface area contributed by atoms with Gasteiger partial charge in [-0.05, 0) is 31.5 Å². The summed E-state index contributed by atoms with van der Waals surface area (Å²) in [6, 6.07) is 4.57. The van der Waals surface area contributed by atoms with Crippen molar-refractivity contribution in [2.75, 3.05) is 6.61 Å². The Morgan fingerprint density at radius 3 is 2.74 bits per heavy atom. The molecule has 1 atom stereocenters. The van der Waals surface area contributed by atoms with E-state index in [1.165, 1.54) is 12.1 Å². The number of primary amides is 1. The zero-order valence-electron chi connectivity index (χ0n) is 10.9. The van der Waals surface area contributed by atoms with Gasteiger partial charge in [0.25, 0.3) is 11.8 Å². The maximum Gasteiger partial charge on any atom is 0.258 e. The van der Waals surface area contributed by atoms with E-state index in [2.05, 4.69) is 5.32 Å². The van der Waals surface area contributed by atoms with Crippen molar-refractivity contribution < 1.29 is 14.3 Å². The standard InChI is InChI=1S/C13H17ClN2O3/c1-3-8(2)16-12(17)7-19-11-5-4-9(14)6-10(11)13(15)18/h4-6,8H,3,7H2,1-2H3,(H2,15,18)(H,16,17)/t8-/m1/s1. The lowest BCUT2D eigenvalue weighted by Crippen LogP contribution is -2.35. The topological polar surface area (TPSA) is 81.4 Å². The van der Waals surface area contributed by atoms with Gasteiger partial charge < -0.3 is 15.8 Å². The van der Waals surface area contributed by atoms with Crippen LogP contribution >= 0.6 is 11.6 Å². The van der Waals surface area contributed by atoms with E-state index >= 15 is 0 Å². The van der Waals surface area contributed by atoms with E-state index in [0.29, 0.717) is 5.02 Å². The molecule has 2 amide bonds. The Bertz CT molecular complexity index is 477. The molecule has 0 aliphatic heterocycles. The molecule has 0 saturated heterocycles. The molecule has 19 heavy (non-hydrogen) atoms. The Labute approximate surface area is 117 Å². The number of amides is 2. The Hall–Kier alpha value is -1.75. The van der Waals surface area contributed by atoms with E-state index in [4.69, 9.17) is 22.1 Å². The molecule has 6 heteroatoms. The number of rotatable bonds is 6. The third-order valence-electron chi connectivity index (χ3n) is 2.59. The lowest BCUT2D eigenvalue weighted by molar-refractivity contribution is -0.123. The fraction of sp³-hybridized carbons (Fsp3) is 0.385. The van der Waals surface area contributed by atoms with Crippen LogP contribution in [0, 0.1) is 0 Å². The van der Waals surface area contributed by atoms with Crippen molar-refractivity contribution in [3.8, 4) is 5.75 Å². The Balaban J connectivity index is 2.67. The Kier molecular flexibility index (Phi) is 5.63. The number of carbonyl (C=O) groups is 2. The summed E-state index contributed by atoms with van der Waals surface area (Å²) >= 11 is 5.77. The van der Waals surface area contributed by atoms with Crippen molar-refractivity contribution >= 4 is 23.4 Å². The highest BCUT2D eigenvalue weighted by atomic mass is 35.5. The number of hydrogen-bond donors (Lipinski definition) is 2. The fourth-order valence-electron chi connectivity index (χ4n) is 1.38. The molecule has 1 aromatic carbocycles. The SMILES string of the molecule is CC[C@@H](C)NC(=O)COc1ccc(Cl)cc1C(N)=O. The maximum atomic E-state index is 11.6. The van der Waals surface area contributed by atoms with Gasteiger partial charge in [0.15, 0.2) is 6.61 Å². The zero-order chi connectivity index (χ0) is 14.4. The van der Waals surface area contributed by atoms with Gasteiger partial charge in [-0.25, -0.2) is 0 Å². The first-order valence-corrected chi connectivity index (χ1v) is 6.33. The molecule has 0 aromatic heterocycles. The summed E-state index contributed by atoms with van der Waals surface area (Å²) in [5.74, 6) is -0.657. The van der Waals surface area contributed by atoms with E-state index < -0.39 is 5.91 Å². The van der Waals surface area contributed by atoms with Gasteiger partial charge in [0.05, 0.1) is 5.56 Å². The van der Waals surface area contributed by atoms with Crippen LogP contribution in [0.1, 0.15) is 30.6 Å². The third-order valence-corrected chi connectivity index (χ3v) is 2.82. The van der Waals surface area contributed by atoms with Crippen LogP contribution in [0.15, 0.2) is 18.2 Å². The van der Waals surface area contributed by atoms with Gasteiger partial charge in [0.1, 0.15) is 5.75 Å². The molecule has 104 valence electrons. The number of benzene rings is 1. The molecular formula is C13H17ClN2O3. The molecular weight excluding hydrogens is 268 g/mol. The highest BCUT2D eigenvalue weighted by Crippen LogP contribution is 2.22. The summed E-state index contributed by atoms with van der Waals surface area (Å²) in [4.78, 5) is 22.8. The molecule has 0 aliphatic rings. The van der Waals surface area contributed by atoms with Crippen molar-refractivity contribution in [2.24, 2.45) is 5.73 Å². The van der Waals surface area contributed by atoms with Crippen molar-refractivity contribution in [1.82, 2.24) is 5.32 Å². The summed E-state index contributed by atoms with van der Waals surface area (Å²) in [5, 5.41) is 3.13. The number of ether oxygens (including phenoxy) is 1. The zero-order valence-corrected chi connectivity index (χ0v) is 11.7. The van der Waals surface area contributed by atoms with Gasteiger partial charge in [0.2, 0.25) is 0 Å². The summed E-state index contributed by atoms with van der Waals surface area (Å²) in [6.45, 7) is 3.69. The number of nitrogens with one attached hydrogen (secondary N) is 1. The van der Waals surface area contributed by atoms with Crippen molar-refractivity contribution in [1.29, 1.82) is 0 Å². The van der Waals surface area contributed by atoms with E-state index in [1.807, 2.05) is 13.8 Å². The number of nitrogens with two attached hydrogens (primary N) is 1.